The van der Waals surface area contributed by atoms with Gasteiger partial charge in [-0.1, -0.05) is 43.7 Å². The van der Waals surface area contributed by atoms with Crippen molar-refractivity contribution in [1.82, 2.24) is 4.98 Å². The van der Waals surface area contributed by atoms with E-state index >= 15 is 0 Å². The van der Waals surface area contributed by atoms with Gasteiger partial charge >= 0.3 is 0 Å². The normalized spacial score (nSPS) is 20.9. The molecule has 0 aromatic carbocycles. The van der Waals surface area contributed by atoms with Gasteiger partial charge in [-0.3, -0.25) is 4.79 Å². The molecule has 1 saturated heterocycles. The SMILES string of the molecule is CC(C)(C)C1CCN(c2nc(Cl)c(C=O)s2)C1. The Hall–Kier alpha value is -0.610. The average molecular weight is 273 g/mol. The summed E-state index contributed by atoms with van der Waals surface area (Å²) in [5.41, 5.74) is 0.323. The summed E-state index contributed by atoms with van der Waals surface area (Å²) in [6.07, 6.45) is 1.96. The van der Waals surface area contributed by atoms with Crippen LogP contribution in [0.1, 0.15) is 36.9 Å². The van der Waals surface area contributed by atoms with E-state index in [0.29, 0.717) is 21.4 Å². The highest BCUT2D eigenvalue weighted by Crippen LogP contribution is 2.37. The fourth-order valence-corrected chi connectivity index (χ4v) is 3.25. The summed E-state index contributed by atoms with van der Waals surface area (Å²) in [7, 11) is 0. The van der Waals surface area contributed by atoms with E-state index < -0.39 is 0 Å². The molecule has 0 N–H and O–H groups in total. The van der Waals surface area contributed by atoms with Crippen LogP contribution in [0.2, 0.25) is 5.15 Å². The number of hydrogen-bond acceptors (Lipinski definition) is 4. The number of aromatic nitrogens is 1. The van der Waals surface area contributed by atoms with E-state index in [1.807, 2.05) is 0 Å². The molecule has 2 heterocycles. The molecule has 1 aromatic rings. The maximum Gasteiger partial charge on any atom is 0.187 e. The largest absolute Gasteiger partial charge is 0.348 e. The molecule has 0 spiro atoms. The predicted molar refractivity (Wildman–Crippen MR) is 72.3 cm³/mol. The van der Waals surface area contributed by atoms with Gasteiger partial charge in [-0.15, -0.1) is 0 Å². The quantitative estimate of drug-likeness (QED) is 0.773. The molecule has 3 nitrogen and oxygen atoms in total. The Balaban J connectivity index is 2.12. The minimum absolute atomic E-state index is 0.323. The summed E-state index contributed by atoms with van der Waals surface area (Å²) in [4.78, 5) is 17.8. The van der Waals surface area contributed by atoms with E-state index in [2.05, 4.69) is 30.7 Å². The van der Waals surface area contributed by atoms with Crippen LogP contribution in [0.4, 0.5) is 5.13 Å². The second kappa shape index (κ2) is 4.58. The molecule has 1 aliphatic heterocycles. The van der Waals surface area contributed by atoms with Crippen molar-refractivity contribution in [2.24, 2.45) is 11.3 Å². The number of aldehydes is 1. The monoisotopic (exact) mass is 272 g/mol. The summed E-state index contributed by atoms with van der Waals surface area (Å²) in [5, 5.41) is 1.21. The molecule has 1 aromatic heterocycles. The minimum atomic E-state index is 0.323. The maximum absolute atomic E-state index is 10.7. The Morgan fingerprint density at radius 2 is 2.24 bits per heavy atom. The zero-order chi connectivity index (χ0) is 12.6. The maximum atomic E-state index is 10.7. The van der Waals surface area contributed by atoms with E-state index in [-0.39, 0.29) is 0 Å². The fraction of sp³-hybridized carbons (Fsp3) is 0.667. The van der Waals surface area contributed by atoms with Crippen LogP contribution in [0.5, 0.6) is 0 Å². The molecule has 17 heavy (non-hydrogen) atoms. The molecular weight excluding hydrogens is 256 g/mol. The predicted octanol–water partition coefficient (Wildman–Crippen LogP) is 3.48. The number of carbonyl (C=O) groups excluding carboxylic acids is 1. The van der Waals surface area contributed by atoms with Crippen LogP contribution in [0.3, 0.4) is 0 Å². The van der Waals surface area contributed by atoms with Crippen molar-refractivity contribution >= 4 is 34.4 Å². The van der Waals surface area contributed by atoms with Crippen LogP contribution in [-0.4, -0.2) is 24.4 Å². The number of rotatable bonds is 2. The number of thiazole rings is 1. The van der Waals surface area contributed by atoms with Crippen molar-refractivity contribution < 1.29 is 4.79 Å². The van der Waals surface area contributed by atoms with Gasteiger partial charge in [0, 0.05) is 13.1 Å². The molecule has 1 atom stereocenters. The second-order valence-corrected chi connectivity index (χ2v) is 6.93. The number of halogens is 1. The lowest BCUT2D eigenvalue weighted by molar-refractivity contribution is 0.112. The Bertz CT molecular complexity index is 425. The summed E-state index contributed by atoms with van der Waals surface area (Å²) in [5.74, 6) is 0.671. The molecule has 1 aliphatic rings. The molecule has 5 heteroatoms. The molecule has 0 bridgehead atoms. The molecule has 0 aliphatic carbocycles. The van der Waals surface area contributed by atoms with Gasteiger partial charge in [0.2, 0.25) is 0 Å². The van der Waals surface area contributed by atoms with Gasteiger partial charge in [-0.2, -0.15) is 0 Å². The van der Waals surface area contributed by atoms with Crippen LogP contribution < -0.4 is 4.90 Å². The Morgan fingerprint density at radius 1 is 1.53 bits per heavy atom. The smallest absolute Gasteiger partial charge is 0.187 e. The van der Waals surface area contributed by atoms with Crippen LogP contribution in [-0.2, 0) is 0 Å². The van der Waals surface area contributed by atoms with Gasteiger partial charge in [-0.05, 0) is 17.8 Å². The standard InChI is InChI=1S/C12H17ClN2OS/c1-12(2,3)8-4-5-15(6-8)11-14-10(13)9(7-16)17-11/h7-8H,4-6H2,1-3H3. The Labute approximate surface area is 111 Å². The highest BCUT2D eigenvalue weighted by Gasteiger charge is 2.33. The second-order valence-electron chi connectivity index (χ2n) is 5.57. The summed E-state index contributed by atoms with van der Waals surface area (Å²) in [6, 6.07) is 0. The first-order chi connectivity index (χ1) is 7.91. The number of anilines is 1. The zero-order valence-electron chi connectivity index (χ0n) is 10.4. The third-order valence-electron chi connectivity index (χ3n) is 3.39. The third-order valence-corrected chi connectivity index (χ3v) is 4.83. The van der Waals surface area contributed by atoms with Gasteiger partial charge in [-0.25, -0.2) is 4.98 Å². The third kappa shape index (κ3) is 2.63. The van der Waals surface area contributed by atoms with Crippen LogP contribution >= 0.6 is 22.9 Å². The molecular formula is C12H17ClN2OS. The number of carbonyl (C=O) groups is 1. The zero-order valence-corrected chi connectivity index (χ0v) is 11.9. The summed E-state index contributed by atoms with van der Waals surface area (Å²) < 4.78 is 0. The van der Waals surface area contributed by atoms with E-state index in [1.54, 1.807) is 0 Å². The molecule has 2 rings (SSSR count). The lowest BCUT2D eigenvalue weighted by Gasteiger charge is -2.26. The van der Waals surface area contributed by atoms with E-state index in [9.17, 15) is 4.79 Å². The molecule has 0 radical (unpaired) electrons. The highest BCUT2D eigenvalue weighted by molar-refractivity contribution is 7.17. The molecule has 0 amide bonds. The fourth-order valence-electron chi connectivity index (χ4n) is 2.15. The topological polar surface area (TPSA) is 33.2 Å². The van der Waals surface area contributed by atoms with Crippen LogP contribution in [0, 0.1) is 11.3 Å². The Kier molecular flexibility index (Phi) is 3.46. The lowest BCUT2D eigenvalue weighted by Crippen LogP contribution is -2.25. The average Bonchev–Trinajstić information content (AvgIpc) is 2.82. The van der Waals surface area contributed by atoms with Crippen molar-refractivity contribution in [1.29, 1.82) is 0 Å². The number of nitrogens with zero attached hydrogens (tertiary/aromatic N) is 2. The summed E-state index contributed by atoms with van der Waals surface area (Å²) in [6.45, 7) is 8.82. The highest BCUT2D eigenvalue weighted by atomic mass is 35.5. The van der Waals surface area contributed by atoms with E-state index in [4.69, 9.17) is 11.6 Å². The van der Waals surface area contributed by atoms with Crippen molar-refractivity contribution in [2.45, 2.75) is 27.2 Å². The van der Waals surface area contributed by atoms with Gasteiger partial charge in [0.15, 0.2) is 16.6 Å². The van der Waals surface area contributed by atoms with Crippen molar-refractivity contribution in [3.05, 3.63) is 10.0 Å². The number of hydrogen-bond donors (Lipinski definition) is 0. The molecule has 94 valence electrons. The Morgan fingerprint density at radius 3 is 2.71 bits per heavy atom. The van der Waals surface area contributed by atoms with Crippen LogP contribution in [0.25, 0.3) is 0 Å². The lowest BCUT2D eigenvalue weighted by atomic mass is 9.80. The molecule has 1 fully saturated rings. The van der Waals surface area contributed by atoms with E-state index in [0.717, 1.165) is 24.5 Å². The molecule has 0 saturated carbocycles. The van der Waals surface area contributed by atoms with Crippen LogP contribution in [0.15, 0.2) is 0 Å². The van der Waals surface area contributed by atoms with E-state index in [1.165, 1.54) is 17.8 Å². The van der Waals surface area contributed by atoms with Crippen molar-refractivity contribution in [3.63, 3.8) is 0 Å². The van der Waals surface area contributed by atoms with Gasteiger partial charge < -0.3 is 4.90 Å². The van der Waals surface area contributed by atoms with Gasteiger partial charge in [0.1, 0.15) is 4.88 Å². The van der Waals surface area contributed by atoms with Crippen molar-refractivity contribution in [3.8, 4) is 0 Å². The first kappa shape index (κ1) is 12.8. The van der Waals surface area contributed by atoms with Gasteiger partial charge in [0.25, 0.3) is 0 Å². The summed E-state index contributed by atoms with van der Waals surface area (Å²) >= 11 is 7.28. The van der Waals surface area contributed by atoms with Gasteiger partial charge in [0.05, 0.1) is 0 Å². The van der Waals surface area contributed by atoms with Crippen molar-refractivity contribution in [2.75, 3.05) is 18.0 Å². The first-order valence-corrected chi connectivity index (χ1v) is 6.97. The minimum Gasteiger partial charge on any atom is -0.348 e. The first-order valence-electron chi connectivity index (χ1n) is 5.78. The molecule has 1 unspecified atom stereocenters.